The van der Waals surface area contributed by atoms with Gasteiger partial charge in [0.15, 0.2) is 0 Å². The molecule has 1 fully saturated rings. The van der Waals surface area contributed by atoms with Crippen LogP contribution in [0.1, 0.15) is 24.3 Å². The molecule has 1 aliphatic rings. The SMILES string of the molecule is O=CC1CC(c2ccccc2)CC1=O. The number of carbonyl (C=O) groups excluding carboxylic acids is 2. The minimum absolute atomic E-state index is 0.0915. The molecule has 2 rings (SSSR count). The normalized spacial score (nSPS) is 26.4. The van der Waals surface area contributed by atoms with Crippen molar-refractivity contribution in [2.45, 2.75) is 18.8 Å². The molecule has 0 bridgehead atoms. The number of rotatable bonds is 2. The first kappa shape index (κ1) is 9.13. The van der Waals surface area contributed by atoms with Crippen molar-refractivity contribution >= 4 is 12.1 Å². The molecule has 0 radical (unpaired) electrons. The molecule has 72 valence electrons. The highest BCUT2D eigenvalue weighted by molar-refractivity contribution is 5.95. The van der Waals surface area contributed by atoms with Crippen LogP contribution < -0.4 is 0 Å². The van der Waals surface area contributed by atoms with Crippen LogP contribution in [0.15, 0.2) is 30.3 Å². The molecule has 0 aliphatic heterocycles. The monoisotopic (exact) mass is 188 g/mol. The summed E-state index contributed by atoms with van der Waals surface area (Å²) in [5.74, 6) is -0.0204. The van der Waals surface area contributed by atoms with Crippen molar-refractivity contribution < 1.29 is 9.59 Å². The van der Waals surface area contributed by atoms with Crippen molar-refractivity contribution in [1.82, 2.24) is 0 Å². The Morgan fingerprint density at radius 2 is 1.93 bits per heavy atom. The summed E-state index contributed by atoms with van der Waals surface area (Å²) >= 11 is 0. The van der Waals surface area contributed by atoms with Crippen LogP contribution in [-0.2, 0) is 9.59 Å². The van der Waals surface area contributed by atoms with Crippen LogP contribution in [0, 0.1) is 5.92 Å². The van der Waals surface area contributed by atoms with Crippen LogP contribution in [0.4, 0.5) is 0 Å². The maximum absolute atomic E-state index is 11.4. The zero-order valence-corrected chi connectivity index (χ0v) is 7.85. The third-order valence-corrected chi connectivity index (χ3v) is 2.83. The Bertz CT molecular complexity index is 343. The average molecular weight is 188 g/mol. The van der Waals surface area contributed by atoms with Gasteiger partial charge in [0.25, 0.3) is 0 Å². The highest BCUT2D eigenvalue weighted by atomic mass is 16.1. The lowest BCUT2D eigenvalue weighted by Gasteiger charge is -2.07. The van der Waals surface area contributed by atoms with Crippen LogP contribution in [0.3, 0.4) is 0 Å². The Morgan fingerprint density at radius 1 is 1.21 bits per heavy atom. The summed E-state index contributed by atoms with van der Waals surface area (Å²) < 4.78 is 0. The Labute approximate surface area is 82.9 Å². The van der Waals surface area contributed by atoms with E-state index in [0.29, 0.717) is 12.8 Å². The first-order chi connectivity index (χ1) is 6.81. The van der Waals surface area contributed by atoms with Gasteiger partial charge in [-0.05, 0) is 17.9 Å². The third kappa shape index (κ3) is 1.60. The molecule has 1 aromatic carbocycles. The molecule has 0 heterocycles. The number of hydrogen-bond acceptors (Lipinski definition) is 2. The van der Waals surface area contributed by atoms with Crippen LogP contribution in [-0.4, -0.2) is 12.1 Å². The van der Waals surface area contributed by atoms with Gasteiger partial charge in [0.2, 0.25) is 0 Å². The van der Waals surface area contributed by atoms with Gasteiger partial charge >= 0.3 is 0 Å². The molecule has 2 unspecified atom stereocenters. The molecule has 0 amide bonds. The van der Waals surface area contributed by atoms with E-state index in [4.69, 9.17) is 0 Å². The fraction of sp³-hybridized carbons (Fsp3) is 0.333. The quantitative estimate of drug-likeness (QED) is 0.525. The molecule has 2 atom stereocenters. The van der Waals surface area contributed by atoms with E-state index >= 15 is 0 Å². The first-order valence-electron chi connectivity index (χ1n) is 4.84. The summed E-state index contributed by atoms with van der Waals surface area (Å²) in [7, 11) is 0. The Balaban J connectivity index is 2.16. The zero-order chi connectivity index (χ0) is 9.97. The molecule has 0 aromatic heterocycles. The summed E-state index contributed by atoms with van der Waals surface area (Å²) in [4.78, 5) is 21.9. The molecule has 0 N–H and O–H groups in total. The fourth-order valence-corrected chi connectivity index (χ4v) is 2.03. The van der Waals surface area contributed by atoms with E-state index in [2.05, 4.69) is 0 Å². The van der Waals surface area contributed by atoms with Gasteiger partial charge in [-0.15, -0.1) is 0 Å². The van der Waals surface area contributed by atoms with Gasteiger partial charge in [0.05, 0.1) is 5.92 Å². The van der Waals surface area contributed by atoms with Crippen molar-refractivity contribution in [3.8, 4) is 0 Å². The Kier molecular flexibility index (Phi) is 2.44. The summed E-state index contributed by atoms with van der Waals surface area (Å²) in [6.45, 7) is 0. The number of aldehydes is 1. The second-order valence-corrected chi connectivity index (χ2v) is 3.76. The van der Waals surface area contributed by atoms with Gasteiger partial charge in [-0.2, -0.15) is 0 Å². The molecule has 0 saturated heterocycles. The highest BCUT2D eigenvalue weighted by Crippen LogP contribution is 2.34. The molecule has 2 heteroatoms. The largest absolute Gasteiger partial charge is 0.303 e. The number of Topliss-reactive ketones (excluding diaryl/α,β-unsaturated/α-hetero) is 1. The van der Waals surface area contributed by atoms with Gasteiger partial charge < -0.3 is 4.79 Å². The summed E-state index contributed by atoms with van der Waals surface area (Å²) in [6, 6.07) is 9.93. The van der Waals surface area contributed by atoms with Gasteiger partial charge in [0.1, 0.15) is 12.1 Å². The maximum atomic E-state index is 11.4. The molecule has 1 saturated carbocycles. The molecule has 0 spiro atoms. The van der Waals surface area contributed by atoms with E-state index in [1.54, 1.807) is 0 Å². The van der Waals surface area contributed by atoms with Crippen molar-refractivity contribution in [2.75, 3.05) is 0 Å². The van der Waals surface area contributed by atoms with Gasteiger partial charge in [-0.3, -0.25) is 4.79 Å². The Morgan fingerprint density at radius 3 is 2.50 bits per heavy atom. The van der Waals surface area contributed by atoms with Crippen LogP contribution in [0.25, 0.3) is 0 Å². The lowest BCUT2D eigenvalue weighted by atomic mass is 9.97. The summed E-state index contributed by atoms with van der Waals surface area (Å²) in [5, 5.41) is 0. The van der Waals surface area contributed by atoms with Gasteiger partial charge in [-0.25, -0.2) is 0 Å². The number of ketones is 1. The second-order valence-electron chi connectivity index (χ2n) is 3.76. The molecular formula is C12H12O2. The van der Waals surface area contributed by atoms with E-state index in [-0.39, 0.29) is 17.6 Å². The van der Waals surface area contributed by atoms with E-state index < -0.39 is 0 Å². The van der Waals surface area contributed by atoms with Gasteiger partial charge in [-0.1, -0.05) is 30.3 Å². The van der Waals surface area contributed by atoms with E-state index in [0.717, 1.165) is 6.29 Å². The van der Waals surface area contributed by atoms with Crippen molar-refractivity contribution in [3.05, 3.63) is 35.9 Å². The van der Waals surface area contributed by atoms with Crippen molar-refractivity contribution in [2.24, 2.45) is 5.92 Å². The standard InChI is InChI=1S/C12H12O2/c13-8-11-6-10(7-12(11)14)9-4-2-1-3-5-9/h1-5,8,10-11H,6-7H2. The lowest BCUT2D eigenvalue weighted by molar-refractivity contribution is -0.125. The zero-order valence-electron chi connectivity index (χ0n) is 7.85. The lowest BCUT2D eigenvalue weighted by Crippen LogP contribution is -2.06. The molecule has 14 heavy (non-hydrogen) atoms. The topological polar surface area (TPSA) is 34.1 Å². The van der Waals surface area contributed by atoms with E-state index in [1.165, 1.54) is 5.56 Å². The summed E-state index contributed by atoms with van der Waals surface area (Å²) in [6.07, 6.45) is 1.99. The number of hydrogen-bond donors (Lipinski definition) is 0. The Hall–Kier alpha value is -1.44. The highest BCUT2D eigenvalue weighted by Gasteiger charge is 2.32. The molecule has 1 aromatic rings. The average Bonchev–Trinajstić information content (AvgIpc) is 2.61. The predicted octanol–water partition coefficient (Wildman–Crippen LogP) is 1.95. The second kappa shape index (κ2) is 3.74. The van der Waals surface area contributed by atoms with Crippen molar-refractivity contribution in [1.29, 1.82) is 0 Å². The van der Waals surface area contributed by atoms with Gasteiger partial charge in [0, 0.05) is 6.42 Å². The first-order valence-corrected chi connectivity index (χ1v) is 4.84. The number of benzene rings is 1. The van der Waals surface area contributed by atoms with Crippen molar-refractivity contribution in [3.63, 3.8) is 0 Å². The van der Waals surface area contributed by atoms with E-state index in [9.17, 15) is 9.59 Å². The summed E-state index contributed by atoms with van der Waals surface area (Å²) in [5.41, 5.74) is 1.17. The molecular weight excluding hydrogens is 176 g/mol. The minimum Gasteiger partial charge on any atom is -0.303 e. The number of carbonyl (C=O) groups is 2. The van der Waals surface area contributed by atoms with Crippen LogP contribution >= 0.6 is 0 Å². The van der Waals surface area contributed by atoms with E-state index in [1.807, 2.05) is 30.3 Å². The van der Waals surface area contributed by atoms with Crippen LogP contribution in [0.2, 0.25) is 0 Å². The minimum atomic E-state index is -0.361. The molecule has 2 nitrogen and oxygen atoms in total. The third-order valence-electron chi connectivity index (χ3n) is 2.83. The fourth-order valence-electron chi connectivity index (χ4n) is 2.03. The smallest absolute Gasteiger partial charge is 0.143 e. The maximum Gasteiger partial charge on any atom is 0.143 e. The van der Waals surface area contributed by atoms with Crippen LogP contribution in [0.5, 0.6) is 0 Å². The molecule has 1 aliphatic carbocycles. The predicted molar refractivity (Wildman–Crippen MR) is 53.0 cm³/mol.